The Balaban J connectivity index is 1.76. The molecule has 0 radical (unpaired) electrons. The number of hydrogen-bond donors (Lipinski definition) is 2. The van der Waals surface area contributed by atoms with Crippen LogP contribution in [0.25, 0.3) is 0 Å². The third-order valence-electron chi connectivity index (χ3n) is 3.64. The van der Waals surface area contributed by atoms with Gasteiger partial charge in [0.1, 0.15) is 0 Å². The molecular formula is C14H23ClN4OS. The highest BCUT2D eigenvalue weighted by Gasteiger charge is 2.14. The van der Waals surface area contributed by atoms with Gasteiger partial charge in [-0.15, -0.1) is 21.8 Å². The highest BCUT2D eigenvalue weighted by molar-refractivity contribution is 7.19. The van der Waals surface area contributed by atoms with Crippen molar-refractivity contribution >= 4 is 39.1 Å². The van der Waals surface area contributed by atoms with Gasteiger partial charge in [0.2, 0.25) is 16.2 Å². The molecule has 1 heterocycles. The topological polar surface area (TPSA) is 66.9 Å². The molecule has 21 heavy (non-hydrogen) atoms. The molecule has 0 unspecified atom stereocenters. The lowest BCUT2D eigenvalue weighted by Crippen LogP contribution is -2.17. The summed E-state index contributed by atoms with van der Waals surface area (Å²) in [5.41, 5.74) is 0. The lowest BCUT2D eigenvalue weighted by atomic mass is 10.1. The van der Waals surface area contributed by atoms with Crippen molar-refractivity contribution in [3.8, 4) is 0 Å². The average molecular weight is 331 g/mol. The number of nitrogens with one attached hydrogen (secondary N) is 2. The van der Waals surface area contributed by atoms with Gasteiger partial charge in [-0.2, -0.15) is 0 Å². The minimum Gasteiger partial charge on any atom is -0.357 e. The smallest absolute Gasteiger partial charge is 0.226 e. The number of unbranched alkanes of at least 4 members (excludes halogenated alkanes) is 1. The van der Waals surface area contributed by atoms with Gasteiger partial charge in [0, 0.05) is 18.3 Å². The molecule has 1 amide bonds. The Morgan fingerprint density at radius 1 is 1.14 bits per heavy atom. The molecule has 2 N–H and O–H groups in total. The van der Waals surface area contributed by atoms with Crippen molar-refractivity contribution in [2.24, 2.45) is 0 Å². The second kappa shape index (κ2) is 9.20. The van der Waals surface area contributed by atoms with Crippen LogP contribution in [-0.4, -0.2) is 28.0 Å². The van der Waals surface area contributed by atoms with Crippen LogP contribution in [0.15, 0.2) is 0 Å². The normalized spacial score (nSPS) is 16.4. The molecule has 1 aliphatic carbocycles. The number of halogens is 1. The van der Waals surface area contributed by atoms with Gasteiger partial charge in [-0.25, -0.2) is 0 Å². The van der Waals surface area contributed by atoms with E-state index in [2.05, 4.69) is 20.8 Å². The van der Waals surface area contributed by atoms with Crippen molar-refractivity contribution in [1.29, 1.82) is 0 Å². The monoisotopic (exact) mass is 330 g/mol. The van der Waals surface area contributed by atoms with Crippen molar-refractivity contribution in [2.45, 2.75) is 63.8 Å². The minimum absolute atomic E-state index is 0.0164. The number of anilines is 2. The van der Waals surface area contributed by atoms with E-state index in [0.29, 0.717) is 23.5 Å². The molecule has 2 rings (SSSR count). The molecule has 5 nitrogen and oxygen atoms in total. The Kier molecular flexibility index (Phi) is 7.23. The second-order valence-corrected chi connectivity index (χ2v) is 6.79. The number of rotatable bonds is 7. The summed E-state index contributed by atoms with van der Waals surface area (Å²) in [5.74, 6) is 0.582. The molecule has 1 aromatic heterocycles. The summed E-state index contributed by atoms with van der Waals surface area (Å²) in [4.78, 5) is 11.7. The standard InChI is InChI=1S/C14H23ClN4OS/c15-10-6-5-9-12(20)17-14-19-18-13(21-14)16-11-7-3-1-2-4-8-11/h11H,1-10H2,(H,16,18)(H,17,19,20). The van der Waals surface area contributed by atoms with E-state index in [1.807, 2.05) is 0 Å². The summed E-state index contributed by atoms with van der Waals surface area (Å²) in [6, 6.07) is 0.493. The van der Waals surface area contributed by atoms with Crippen molar-refractivity contribution in [1.82, 2.24) is 10.2 Å². The molecule has 0 saturated heterocycles. The number of amides is 1. The van der Waals surface area contributed by atoms with Gasteiger partial charge < -0.3 is 10.6 Å². The first-order chi connectivity index (χ1) is 10.3. The Labute approximate surface area is 134 Å². The van der Waals surface area contributed by atoms with E-state index in [0.717, 1.165) is 18.0 Å². The number of alkyl halides is 1. The first-order valence-corrected chi connectivity index (χ1v) is 9.09. The summed E-state index contributed by atoms with van der Waals surface area (Å²) >= 11 is 7.00. The number of nitrogens with zero attached hydrogens (tertiary/aromatic N) is 2. The van der Waals surface area contributed by atoms with Crippen molar-refractivity contribution in [3.63, 3.8) is 0 Å². The Hall–Kier alpha value is -0.880. The van der Waals surface area contributed by atoms with Gasteiger partial charge in [-0.1, -0.05) is 37.0 Å². The van der Waals surface area contributed by atoms with Crippen molar-refractivity contribution in [3.05, 3.63) is 0 Å². The van der Waals surface area contributed by atoms with Crippen LogP contribution in [0.1, 0.15) is 57.8 Å². The van der Waals surface area contributed by atoms with Gasteiger partial charge in [0.15, 0.2) is 0 Å². The number of aromatic nitrogens is 2. The molecule has 1 fully saturated rings. The SMILES string of the molecule is O=C(CCCCCl)Nc1nnc(NC2CCCCCC2)s1. The molecule has 1 saturated carbocycles. The maximum atomic E-state index is 11.7. The summed E-state index contributed by atoms with van der Waals surface area (Å²) < 4.78 is 0. The zero-order valence-corrected chi connectivity index (χ0v) is 13.8. The molecule has 0 aliphatic heterocycles. The van der Waals surface area contributed by atoms with Crippen LogP contribution in [0.3, 0.4) is 0 Å². The fraction of sp³-hybridized carbons (Fsp3) is 0.786. The van der Waals surface area contributed by atoms with Gasteiger partial charge in [-0.05, 0) is 25.7 Å². The Bertz CT molecular complexity index is 432. The molecule has 0 atom stereocenters. The van der Waals surface area contributed by atoms with E-state index in [9.17, 15) is 4.79 Å². The number of carbonyl (C=O) groups is 1. The maximum Gasteiger partial charge on any atom is 0.226 e. The predicted molar refractivity (Wildman–Crippen MR) is 88.2 cm³/mol. The molecule has 0 aromatic carbocycles. The van der Waals surface area contributed by atoms with Gasteiger partial charge in [-0.3, -0.25) is 4.79 Å². The van der Waals surface area contributed by atoms with E-state index in [1.165, 1.54) is 49.9 Å². The van der Waals surface area contributed by atoms with E-state index < -0.39 is 0 Å². The van der Waals surface area contributed by atoms with Crippen LogP contribution in [0.4, 0.5) is 10.3 Å². The molecule has 0 bridgehead atoms. The largest absolute Gasteiger partial charge is 0.357 e. The summed E-state index contributed by atoms with van der Waals surface area (Å²) in [6.45, 7) is 0. The van der Waals surface area contributed by atoms with Gasteiger partial charge in [0.05, 0.1) is 0 Å². The second-order valence-electron chi connectivity index (χ2n) is 5.44. The lowest BCUT2D eigenvalue weighted by molar-refractivity contribution is -0.116. The molecule has 7 heteroatoms. The third-order valence-corrected chi connectivity index (χ3v) is 4.68. The van der Waals surface area contributed by atoms with Crippen LogP contribution < -0.4 is 10.6 Å². The lowest BCUT2D eigenvalue weighted by Gasteiger charge is -2.14. The van der Waals surface area contributed by atoms with Crippen molar-refractivity contribution in [2.75, 3.05) is 16.5 Å². The van der Waals surface area contributed by atoms with Crippen LogP contribution in [-0.2, 0) is 4.79 Å². The molecule has 0 spiro atoms. The Morgan fingerprint density at radius 3 is 2.57 bits per heavy atom. The maximum absolute atomic E-state index is 11.7. The predicted octanol–water partition coefficient (Wildman–Crippen LogP) is 4.02. The summed E-state index contributed by atoms with van der Waals surface area (Å²) in [6.07, 6.45) is 9.76. The third kappa shape index (κ3) is 6.18. The van der Waals surface area contributed by atoms with Gasteiger partial charge >= 0.3 is 0 Å². The first kappa shape index (κ1) is 16.5. The van der Waals surface area contributed by atoms with Crippen LogP contribution in [0, 0.1) is 0 Å². The van der Waals surface area contributed by atoms with E-state index >= 15 is 0 Å². The minimum atomic E-state index is -0.0164. The fourth-order valence-electron chi connectivity index (χ4n) is 2.49. The van der Waals surface area contributed by atoms with E-state index in [1.54, 1.807) is 0 Å². The molecule has 118 valence electrons. The average Bonchev–Trinajstić information content (AvgIpc) is 2.73. The van der Waals surface area contributed by atoms with Gasteiger partial charge in [0.25, 0.3) is 0 Å². The molecule has 1 aromatic rings. The zero-order valence-electron chi connectivity index (χ0n) is 12.2. The van der Waals surface area contributed by atoms with Crippen LogP contribution in [0.2, 0.25) is 0 Å². The molecular weight excluding hydrogens is 308 g/mol. The number of carbonyl (C=O) groups excluding carboxylic acids is 1. The number of hydrogen-bond acceptors (Lipinski definition) is 5. The first-order valence-electron chi connectivity index (χ1n) is 7.74. The van der Waals surface area contributed by atoms with E-state index in [4.69, 9.17) is 11.6 Å². The summed E-state index contributed by atoms with van der Waals surface area (Å²) in [7, 11) is 0. The van der Waals surface area contributed by atoms with Crippen LogP contribution >= 0.6 is 22.9 Å². The fourth-order valence-corrected chi connectivity index (χ4v) is 3.42. The molecule has 1 aliphatic rings. The van der Waals surface area contributed by atoms with E-state index in [-0.39, 0.29) is 5.91 Å². The highest BCUT2D eigenvalue weighted by Crippen LogP contribution is 2.25. The zero-order chi connectivity index (χ0) is 14.9. The van der Waals surface area contributed by atoms with Crippen LogP contribution in [0.5, 0.6) is 0 Å². The Morgan fingerprint density at radius 2 is 1.86 bits per heavy atom. The quantitative estimate of drug-likeness (QED) is 0.450. The van der Waals surface area contributed by atoms with Crippen molar-refractivity contribution < 1.29 is 4.79 Å². The highest BCUT2D eigenvalue weighted by atomic mass is 35.5. The summed E-state index contributed by atoms with van der Waals surface area (Å²) in [5, 5.41) is 15.7.